The van der Waals surface area contributed by atoms with Gasteiger partial charge in [-0.15, -0.1) is 0 Å². The fourth-order valence-electron chi connectivity index (χ4n) is 1.03. The molecule has 0 saturated carbocycles. The van der Waals surface area contributed by atoms with E-state index >= 15 is 0 Å². The van der Waals surface area contributed by atoms with Crippen LogP contribution in [0, 0.1) is 0 Å². The molecule has 0 aromatic heterocycles. The average Bonchev–Trinajstić information content (AvgIpc) is 2.01. The Morgan fingerprint density at radius 1 is 1.17 bits per heavy atom. The summed E-state index contributed by atoms with van der Waals surface area (Å²) >= 11 is 0. The molecule has 0 aromatic rings. The highest BCUT2D eigenvalue weighted by Crippen LogP contribution is 2.14. The molecule has 74 valence electrons. The SMILES string of the molecule is O.O[13CH2][C@@H]1O[13CH2][C@@H](O)[C@H](O)[C@H]1O. The first kappa shape index (κ1) is 11.8. The lowest BCUT2D eigenvalue weighted by Crippen LogP contribution is -2.53. The van der Waals surface area contributed by atoms with E-state index in [1.165, 1.54) is 0 Å². The van der Waals surface area contributed by atoms with Crippen LogP contribution in [0.15, 0.2) is 0 Å². The van der Waals surface area contributed by atoms with E-state index in [0.717, 1.165) is 0 Å². The molecule has 6 heteroatoms. The second kappa shape index (κ2) is 4.70. The van der Waals surface area contributed by atoms with Gasteiger partial charge in [0.1, 0.15) is 24.4 Å². The summed E-state index contributed by atoms with van der Waals surface area (Å²) in [5, 5.41) is 35.7. The third kappa shape index (κ3) is 2.13. The van der Waals surface area contributed by atoms with Crippen molar-refractivity contribution in [2.45, 2.75) is 24.4 Å². The van der Waals surface area contributed by atoms with E-state index < -0.39 is 24.4 Å². The molecular weight excluding hydrogens is 170 g/mol. The monoisotopic (exact) mass is 184 g/mol. The lowest BCUT2D eigenvalue weighted by Gasteiger charge is -2.34. The van der Waals surface area contributed by atoms with Gasteiger partial charge in [0.05, 0.1) is 13.2 Å². The zero-order valence-electron chi connectivity index (χ0n) is 6.42. The summed E-state index contributed by atoms with van der Waals surface area (Å²) in [6, 6.07) is 0. The topological polar surface area (TPSA) is 122 Å². The van der Waals surface area contributed by atoms with E-state index in [0.29, 0.717) is 0 Å². The van der Waals surface area contributed by atoms with Gasteiger partial charge in [0.2, 0.25) is 0 Å². The number of rotatable bonds is 1. The van der Waals surface area contributed by atoms with E-state index in [4.69, 9.17) is 25.2 Å². The summed E-state index contributed by atoms with van der Waals surface area (Å²) in [5.41, 5.74) is 0. The third-order valence-electron chi connectivity index (χ3n) is 1.79. The van der Waals surface area contributed by atoms with Crippen LogP contribution < -0.4 is 0 Å². The molecule has 6 nitrogen and oxygen atoms in total. The third-order valence-corrected chi connectivity index (χ3v) is 1.79. The number of aliphatic hydroxyl groups is 4. The van der Waals surface area contributed by atoms with Crippen LogP contribution in [0.4, 0.5) is 0 Å². The molecule has 1 aliphatic heterocycles. The number of ether oxygens (including phenoxy) is 1. The van der Waals surface area contributed by atoms with Gasteiger partial charge >= 0.3 is 0 Å². The largest absolute Gasteiger partial charge is 0.412 e. The Bertz CT molecular complexity index is 127. The molecule has 0 aliphatic carbocycles. The van der Waals surface area contributed by atoms with Crippen molar-refractivity contribution >= 4 is 0 Å². The lowest BCUT2D eigenvalue weighted by atomic mass is 10.1. The molecule has 12 heavy (non-hydrogen) atoms. The van der Waals surface area contributed by atoms with Crippen LogP contribution in [-0.4, -0.2) is 63.5 Å². The van der Waals surface area contributed by atoms with Crippen molar-refractivity contribution in [1.82, 2.24) is 0 Å². The molecular formula is C6H14O6. The fourth-order valence-corrected chi connectivity index (χ4v) is 1.03. The van der Waals surface area contributed by atoms with Crippen LogP contribution >= 0.6 is 0 Å². The highest BCUT2D eigenvalue weighted by Gasteiger charge is 2.36. The van der Waals surface area contributed by atoms with E-state index in [1.54, 1.807) is 0 Å². The van der Waals surface area contributed by atoms with Crippen molar-refractivity contribution in [3.63, 3.8) is 0 Å². The van der Waals surface area contributed by atoms with Crippen molar-refractivity contribution in [3.05, 3.63) is 0 Å². The van der Waals surface area contributed by atoms with Gasteiger partial charge in [0.25, 0.3) is 0 Å². The van der Waals surface area contributed by atoms with Gasteiger partial charge < -0.3 is 30.6 Å². The molecule has 6 N–H and O–H groups in total. The molecule has 1 heterocycles. The van der Waals surface area contributed by atoms with Gasteiger partial charge in [0.15, 0.2) is 0 Å². The maximum Gasteiger partial charge on any atom is 0.111 e. The Kier molecular flexibility index (Phi) is 4.61. The van der Waals surface area contributed by atoms with Gasteiger partial charge in [-0.1, -0.05) is 0 Å². The molecule has 0 spiro atoms. The summed E-state index contributed by atoms with van der Waals surface area (Å²) in [6.45, 7) is -0.408. The van der Waals surface area contributed by atoms with E-state index in [9.17, 15) is 0 Å². The Balaban J connectivity index is 0.00000121. The minimum Gasteiger partial charge on any atom is -0.412 e. The van der Waals surface area contributed by atoms with Gasteiger partial charge in [-0.25, -0.2) is 0 Å². The first-order valence-electron chi connectivity index (χ1n) is 3.43. The fraction of sp³-hybridized carbons (Fsp3) is 1.00. The first-order chi connectivity index (χ1) is 5.16. The quantitative estimate of drug-likeness (QED) is 0.317. The summed E-state index contributed by atoms with van der Waals surface area (Å²) in [7, 11) is 0. The maximum absolute atomic E-state index is 9.11. The van der Waals surface area contributed by atoms with Crippen molar-refractivity contribution < 1.29 is 30.6 Å². The van der Waals surface area contributed by atoms with Crippen LogP contribution in [0.5, 0.6) is 0 Å². The summed E-state index contributed by atoms with van der Waals surface area (Å²) < 4.78 is 4.81. The van der Waals surface area contributed by atoms with Gasteiger partial charge in [-0.2, -0.15) is 0 Å². The second-order valence-corrected chi connectivity index (χ2v) is 2.60. The highest BCUT2D eigenvalue weighted by molar-refractivity contribution is 4.85. The van der Waals surface area contributed by atoms with Crippen molar-refractivity contribution in [1.29, 1.82) is 0 Å². The minimum atomic E-state index is -1.22. The van der Waals surface area contributed by atoms with Crippen molar-refractivity contribution in [2.75, 3.05) is 13.2 Å². The zero-order chi connectivity index (χ0) is 8.43. The van der Waals surface area contributed by atoms with Crippen molar-refractivity contribution in [3.8, 4) is 0 Å². The standard InChI is InChI=1S/C6H12O5.H2O/c7-1-4-6(10)5(9)3(8)2-11-4;/h3-10H,1-2H2;1H2/t3-,4+,5+,6+;/m1./s1/i1+1,2+1;. The lowest BCUT2D eigenvalue weighted by molar-refractivity contribution is -0.195. The first-order valence-corrected chi connectivity index (χ1v) is 3.43. The summed E-state index contributed by atoms with van der Waals surface area (Å²) in [5.74, 6) is 0. The zero-order valence-corrected chi connectivity index (χ0v) is 6.42. The molecule has 1 aliphatic rings. The predicted octanol–water partition coefficient (Wildman–Crippen LogP) is -3.36. The highest BCUT2D eigenvalue weighted by atomic mass is 16.6. The number of aliphatic hydroxyl groups excluding tert-OH is 4. The van der Waals surface area contributed by atoms with Crippen LogP contribution in [0.3, 0.4) is 0 Å². The molecule has 1 rings (SSSR count). The summed E-state index contributed by atoms with van der Waals surface area (Å²) in [6.07, 6.45) is -4.27. The Morgan fingerprint density at radius 3 is 2.25 bits per heavy atom. The molecule has 1 fully saturated rings. The molecule has 0 radical (unpaired) electrons. The second-order valence-electron chi connectivity index (χ2n) is 2.60. The molecule has 4 atom stereocenters. The van der Waals surface area contributed by atoms with E-state index in [-0.39, 0.29) is 18.7 Å². The molecule has 0 amide bonds. The van der Waals surface area contributed by atoms with E-state index in [1.807, 2.05) is 0 Å². The molecule has 0 bridgehead atoms. The predicted molar refractivity (Wildman–Crippen MR) is 38.5 cm³/mol. The maximum atomic E-state index is 9.11. The van der Waals surface area contributed by atoms with Crippen LogP contribution in [-0.2, 0) is 4.74 Å². The number of hydrogen-bond acceptors (Lipinski definition) is 5. The van der Waals surface area contributed by atoms with Crippen LogP contribution in [0.1, 0.15) is 0 Å². The Hall–Kier alpha value is -0.240. The average molecular weight is 184 g/mol. The summed E-state index contributed by atoms with van der Waals surface area (Å²) in [4.78, 5) is 0. The smallest absolute Gasteiger partial charge is 0.111 e. The van der Waals surface area contributed by atoms with Crippen molar-refractivity contribution in [2.24, 2.45) is 0 Å². The molecule has 0 aromatic carbocycles. The van der Waals surface area contributed by atoms with E-state index in [2.05, 4.69) is 0 Å². The van der Waals surface area contributed by atoms with Gasteiger partial charge in [-0.3, -0.25) is 0 Å². The minimum absolute atomic E-state index is 0. The Morgan fingerprint density at radius 2 is 1.75 bits per heavy atom. The van der Waals surface area contributed by atoms with Crippen LogP contribution in [0.2, 0.25) is 0 Å². The van der Waals surface area contributed by atoms with Crippen LogP contribution in [0.25, 0.3) is 0 Å². The number of hydrogen-bond donors (Lipinski definition) is 4. The van der Waals surface area contributed by atoms with Gasteiger partial charge in [-0.05, 0) is 0 Å². The normalized spacial score (nSPS) is 42.0. The van der Waals surface area contributed by atoms with Gasteiger partial charge in [0, 0.05) is 0 Å². The molecule has 0 unspecified atom stereocenters. The molecule has 1 saturated heterocycles. The Labute approximate surface area is 69.3 Å².